The van der Waals surface area contributed by atoms with Crippen LogP contribution < -0.4 is 10.6 Å². The van der Waals surface area contributed by atoms with Crippen LogP contribution in [0.15, 0.2) is 18.2 Å². The zero-order valence-corrected chi connectivity index (χ0v) is 12.0. The number of rotatable bonds is 2. The average molecular weight is 269 g/mol. The molecule has 1 unspecified atom stereocenters. The number of nitrogens with zero attached hydrogens (tertiary/aromatic N) is 1. The fourth-order valence-corrected chi connectivity index (χ4v) is 2.80. The number of ether oxygens (including phenoxy) is 1. The number of hydrogen-bond acceptors (Lipinski definition) is 3. The molecule has 0 amide bonds. The van der Waals surface area contributed by atoms with Gasteiger partial charge in [0.2, 0.25) is 0 Å². The van der Waals surface area contributed by atoms with E-state index in [1.807, 2.05) is 12.1 Å². The lowest BCUT2D eigenvalue weighted by molar-refractivity contribution is -0.0749. The molecular weight excluding hydrogens is 248 g/mol. The standard InChI is InChI=1S/C14H21ClN2O/c1-10-8-17(9-14(2,3)18-10)12-5-4-11(7-16)13(15)6-12/h4-6,10H,7-9,16H2,1-3H3. The molecule has 2 N–H and O–H groups in total. The van der Waals surface area contributed by atoms with E-state index in [2.05, 4.69) is 31.7 Å². The molecule has 0 aromatic heterocycles. The molecule has 1 aliphatic heterocycles. The Morgan fingerprint density at radius 3 is 2.78 bits per heavy atom. The van der Waals surface area contributed by atoms with Gasteiger partial charge in [-0.15, -0.1) is 0 Å². The second-order valence-electron chi connectivity index (χ2n) is 5.55. The van der Waals surface area contributed by atoms with Crippen molar-refractivity contribution in [1.82, 2.24) is 0 Å². The van der Waals surface area contributed by atoms with Gasteiger partial charge in [-0.3, -0.25) is 0 Å². The summed E-state index contributed by atoms with van der Waals surface area (Å²) >= 11 is 6.22. The van der Waals surface area contributed by atoms with Crippen LogP contribution in [-0.4, -0.2) is 24.8 Å². The van der Waals surface area contributed by atoms with E-state index in [-0.39, 0.29) is 11.7 Å². The lowest BCUT2D eigenvalue weighted by atomic mass is 10.0. The van der Waals surface area contributed by atoms with Crippen LogP contribution in [0.5, 0.6) is 0 Å². The minimum absolute atomic E-state index is 0.128. The minimum Gasteiger partial charge on any atom is -0.369 e. The van der Waals surface area contributed by atoms with Crippen LogP contribution in [0.4, 0.5) is 5.69 Å². The summed E-state index contributed by atoms with van der Waals surface area (Å²) in [5, 5.41) is 0.743. The predicted molar refractivity (Wildman–Crippen MR) is 76.2 cm³/mol. The van der Waals surface area contributed by atoms with Crippen molar-refractivity contribution >= 4 is 17.3 Å². The molecular formula is C14H21ClN2O. The van der Waals surface area contributed by atoms with Gasteiger partial charge in [0.1, 0.15) is 0 Å². The van der Waals surface area contributed by atoms with Gasteiger partial charge in [0.05, 0.1) is 11.7 Å². The molecule has 0 radical (unpaired) electrons. The predicted octanol–water partition coefficient (Wildman–Crippen LogP) is 2.80. The number of halogens is 1. The van der Waals surface area contributed by atoms with Gasteiger partial charge in [-0.25, -0.2) is 0 Å². The highest BCUT2D eigenvalue weighted by molar-refractivity contribution is 6.31. The number of hydrogen-bond donors (Lipinski definition) is 1. The Bertz CT molecular complexity index is 434. The second kappa shape index (κ2) is 5.08. The Morgan fingerprint density at radius 1 is 1.50 bits per heavy atom. The molecule has 100 valence electrons. The van der Waals surface area contributed by atoms with Crippen molar-refractivity contribution in [3.05, 3.63) is 28.8 Å². The van der Waals surface area contributed by atoms with Crippen molar-refractivity contribution in [3.63, 3.8) is 0 Å². The summed E-state index contributed by atoms with van der Waals surface area (Å²) in [6, 6.07) is 6.09. The van der Waals surface area contributed by atoms with E-state index in [0.29, 0.717) is 6.54 Å². The Balaban J connectivity index is 2.23. The second-order valence-corrected chi connectivity index (χ2v) is 5.96. The van der Waals surface area contributed by atoms with Gasteiger partial charge < -0.3 is 15.4 Å². The van der Waals surface area contributed by atoms with Crippen molar-refractivity contribution in [2.45, 2.75) is 39.0 Å². The normalized spacial score (nSPS) is 23.2. The van der Waals surface area contributed by atoms with Gasteiger partial charge >= 0.3 is 0 Å². The molecule has 1 heterocycles. The van der Waals surface area contributed by atoms with Crippen molar-refractivity contribution in [2.75, 3.05) is 18.0 Å². The monoisotopic (exact) mass is 268 g/mol. The summed E-state index contributed by atoms with van der Waals surface area (Å²) in [4.78, 5) is 2.32. The Labute approximate surface area is 114 Å². The fourth-order valence-electron chi connectivity index (χ4n) is 2.55. The van der Waals surface area contributed by atoms with Gasteiger partial charge in [-0.2, -0.15) is 0 Å². The van der Waals surface area contributed by atoms with E-state index in [4.69, 9.17) is 22.1 Å². The topological polar surface area (TPSA) is 38.5 Å². The zero-order chi connectivity index (χ0) is 13.3. The van der Waals surface area contributed by atoms with Crippen LogP contribution >= 0.6 is 11.6 Å². The molecule has 0 aliphatic carbocycles. The molecule has 1 aliphatic rings. The fraction of sp³-hybridized carbons (Fsp3) is 0.571. The quantitative estimate of drug-likeness (QED) is 0.896. The van der Waals surface area contributed by atoms with Crippen molar-refractivity contribution in [2.24, 2.45) is 5.73 Å². The first-order chi connectivity index (χ1) is 8.41. The number of nitrogens with two attached hydrogens (primary N) is 1. The van der Waals surface area contributed by atoms with Crippen molar-refractivity contribution in [1.29, 1.82) is 0 Å². The van der Waals surface area contributed by atoms with Crippen LogP contribution in [0.1, 0.15) is 26.3 Å². The summed E-state index contributed by atoms with van der Waals surface area (Å²) in [6.45, 7) is 8.57. The molecule has 1 aromatic rings. The molecule has 3 nitrogen and oxygen atoms in total. The highest BCUT2D eigenvalue weighted by atomic mass is 35.5. The Hall–Kier alpha value is -0.770. The van der Waals surface area contributed by atoms with Crippen molar-refractivity contribution < 1.29 is 4.74 Å². The summed E-state index contributed by atoms with van der Waals surface area (Å²) in [5.74, 6) is 0. The van der Waals surface area contributed by atoms with Gasteiger partial charge in [-0.05, 0) is 38.5 Å². The molecule has 0 bridgehead atoms. The molecule has 1 saturated heterocycles. The van der Waals surface area contributed by atoms with Crippen LogP contribution in [0.3, 0.4) is 0 Å². The lowest BCUT2D eigenvalue weighted by Crippen LogP contribution is -2.52. The van der Waals surface area contributed by atoms with E-state index >= 15 is 0 Å². The minimum atomic E-state index is -0.128. The molecule has 1 fully saturated rings. The zero-order valence-electron chi connectivity index (χ0n) is 11.2. The van der Waals surface area contributed by atoms with Crippen LogP contribution in [0.25, 0.3) is 0 Å². The highest BCUT2D eigenvalue weighted by Gasteiger charge is 2.31. The molecule has 4 heteroatoms. The van der Waals surface area contributed by atoms with Crippen LogP contribution in [0, 0.1) is 0 Å². The number of anilines is 1. The average Bonchev–Trinajstić information content (AvgIpc) is 2.26. The van der Waals surface area contributed by atoms with Gasteiger partial charge in [0.15, 0.2) is 0 Å². The van der Waals surface area contributed by atoms with E-state index in [0.717, 1.165) is 29.4 Å². The van der Waals surface area contributed by atoms with Gasteiger partial charge in [0, 0.05) is 30.3 Å². The number of benzene rings is 1. The summed E-state index contributed by atoms with van der Waals surface area (Å²) in [6.07, 6.45) is 0.224. The van der Waals surface area contributed by atoms with Gasteiger partial charge in [-0.1, -0.05) is 17.7 Å². The van der Waals surface area contributed by atoms with E-state index < -0.39 is 0 Å². The van der Waals surface area contributed by atoms with E-state index in [1.54, 1.807) is 0 Å². The van der Waals surface area contributed by atoms with Gasteiger partial charge in [0.25, 0.3) is 0 Å². The third-order valence-corrected chi connectivity index (χ3v) is 3.54. The Morgan fingerprint density at radius 2 is 2.22 bits per heavy atom. The third kappa shape index (κ3) is 2.97. The van der Waals surface area contributed by atoms with E-state index in [1.165, 1.54) is 0 Å². The molecule has 1 atom stereocenters. The first-order valence-electron chi connectivity index (χ1n) is 6.32. The van der Waals surface area contributed by atoms with Crippen LogP contribution in [0.2, 0.25) is 5.02 Å². The van der Waals surface area contributed by atoms with Crippen LogP contribution in [-0.2, 0) is 11.3 Å². The van der Waals surface area contributed by atoms with E-state index in [9.17, 15) is 0 Å². The first-order valence-corrected chi connectivity index (χ1v) is 6.70. The summed E-state index contributed by atoms with van der Waals surface area (Å²) in [7, 11) is 0. The summed E-state index contributed by atoms with van der Waals surface area (Å²) in [5.41, 5.74) is 7.62. The third-order valence-electron chi connectivity index (χ3n) is 3.19. The molecule has 2 rings (SSSR count). The van der Waals surface area contributed by atoms with Crippen molar-refractivity contribution in [3.8, 4) is 0 Å². The molecule has 0 saturated carbocycles. The SMILES string of the molecule is CC1CN(c2ccc(CN)c(Cl)c2)CC(C)(C)O1. The molecule has 1 aromatic carbocycles. The lowest BCUT2D eigenvalue weighted by Gasteiger charge is -2.43. The summed E-state index contributed by atoms with van der Waals surface area (Å²) < 4.78 is 5.91. The highest BCUT2D eigenvalue weighted by Crippen LogP contribution is 2.29. The Kier molecular flexibility index (Phi) is 3.85. The number of morpholine rings is 1. The first kappa shape index (κ1) is 13.7. The molecule has 0 spiro atoms. The maximum atomic E-state index is 6.22. The molecule has 18 heavy (non-hydrogen) atoms. The smallest absolute Gasteiger partial charge is 0.0805 e. The largest absolute Gasteiger partial charge is 0.369 e. The maximum absolute atomic E-state index is 6.22. The maximum Gasteiger partial charge on any atom is 0.0805 e.